The van der Waals surface area contributed by atoms with Crippen molar-refractivity contribution >= 4 is 27.3 Å². The second-order valence-electron chi connectivity index (χ2n) is 4.18. The van der Waals surface area contributed by atoms with Crippen LogP contribution < -0.4 is 4.90 Å². The average Bonchev–Trinajstić information content (AvgIpc) is 2.31. The molecule has 1 aliphatic rings. The summed E-state index contributed by atoms with van der Waals surface area (Å²) in [6.07, 6.45) is 0. The quantitative estimate of drug-likeness (QED) is 0.620. The van der Waals surface area contributed by atoms with Gasteiger partial charge in [-0.25, -0.2) is 0 Å². The van der Waals surface area contributed by atoms with Crippen LogP contribution in [0, 0.1) is 10.1 Å². The zero-order valence-corrected chi connectivity index (χ0v) is 11.2. The number of nitro groups is 1. The summed E-state index contributed by atoms with van der Waals surface area (Å²) >= 11 is 3.45. The van der Waals surface area contributed by atoms with Gasteiger partial charge in [0.05, 0.1) is 10.6 Å². The molecular weight excluding hydrogens is 286 g/mol. The highest BCUT2D eigenvalue weighted by Gasteiger charge is 2.18. The van der Waals surface area contributed by atoms with E-state index in [1.54, 1.807) is 12.1 Å². The van der Waals surface area contributed by atoms with E-state index in [0.29, 0.717) is 0 Å². The van der Waals surface area contributed by atoms with Crippen molar-refractivity contribution in [3.8, 4) is 0 Å². The molecule has 0 aromatic heterocycles. The summed E-state index contributed by atoms with van der Waals surface area (Å²) in [5, 5.41) is 10.8. The first kappa shape index (κ1) is 12.3. The molecule has 0 amide bonds. The monoisotopic (exact) mass is 299 g/mol. The van der Waals surface area contributed by atoms with Gasteiger partial charge in [0.15, 0.2) is 0 Å². The van der Waals surface area contributed by atoms with Crippen molar-refractivity contribution in [2.24, 2.45) is 0 Å². The van der Waals surface area contributed by atoms with Gasteiger partial charge >= 0.3 is 0 Å². The first-order valence-corrected chi connectivity index (χ1v) is 6.24. The third kappa shape index (κ3) is 2.76. The molecule has 1 aliphatic heterocycles. The highest BCUT2D eigenvalue weighted by Crippen LogP contribution is 2.30. The predicted octanol–water partition coefficient (Wildman–Crippen LogP) is 2.11. The van der Waals surface area contributed by atoms with Crippen molar-refractivity contribution in [3.63, 3.8) is 0 Å². The molecule has 92 valence electrons. The molecule has 1 aromatic rings. The summed E-state index contributed by atoms with van der Waals surface area (Å²) in [5.41, 5.74) is 1.05. The minimum absolute atomic E-state index is 0.141. The van der Waals surface area contributed by atoms with Gasteiger partial charge in [-0.3, -0.25) is 10.1 Å². The van der Waals surface area contributed by atoms with Crippen LogP contribution in [0.25, 0.3) is 0 Å². The lowest BCUT2D eigenvalue weighted by Gasteiger charge is -2.34. The van der Waals surface area contributed by atoms with E-state index in [2.05, 4.69) is 32.8 Å². The van der Waals surface area contributed by atoms with E-state index in [1.807, 2.05) is 0 Å². The van der Waals surface area contributed by atoms with Gasteiger partial charge in [0.25, 0.3) is 5.69 Å². The molecule has 1 fully saturated rings. The van der Waals surface area contributed by atoms with Crippen LogP contribution in [0.5, 0.6) is 0 Å². The van der Waals surface area contributed by atoms with Gasteiger partial charge in [-0.05, 0) is 29.0 Å². The lowest BCUT2D eigenvalue weighted by molar-refractivity contribution is -0.384. The van der Waals surface area contributed by atoms with Crippen LogP contribution in [0.3, 0.4) is 0 Å². The van der Waals surface area contributed by atoms with E-state index in [9.17, 15) is 10.1 Å². The molecular formula is C11H14BrN3O2. The number of nitro benzene ring substituents is 1. The van der Waals surface area contributed by atoms with Gasteiger partial charge in [0.1, 0.15) is 0 Å². The minimum Gasteiger partial charge on any atom is -0.368 e. The Kier molecular flexibility index (Phi) is 3.63. The van der Waals surface area contributed by atoms with Crippen LogP contribution in [0.4, 0.5) is 11.4 Å². The number of piperazine rings is 1. The highest BCUT2D eigenvalue weighted by atomic mass is 79.9. The van der Waals surface area contributed by atoms with Crippen LogP contribution in [-0.2, 0) is 0 Å². The molecule has 1 saturated heterocycles. The lowest BCUT2D eigenvalue weighted by Crippen LogP contribution is -2.44. The second kappa shape index (κ2) is 5.01. The van der Waals surface area contributed by atoms with Gasteiger partial charge in [0, 0.05) is 42.8 Å². The number of anilines is 1. The zero-order valence-electron chi connectivity index (χ0n) is 9.60. The zero-order chi connectivity index (χ0) is 12.4. The van der Waals surface area contributed by atoms with E-state index in [4.69, 9.17) is 0 Å². The maximum Gasteiger partial charge on any atom is 0.271 e. The minimum atomic E-state index is -0.355. The first-order valence-electron chi connectivity index (χ1n) is 5.45. The van der Waals surface area contributed by atoms with E-state index >= 15 is 0 Å². The fourth-order valence-corrected chi connectivity index (χ4v) is 2.40. The molecule has 5 nitrogen and oxygen atoms in total. The molecule has 0 unspecified atom stereocenters. The highest BCUT2D eigenvalue weighted by molar-refractivity contribution is 9.10. The van der Waals surface area contributed by atoms with Crippen molar-refractivity contribution in [1.29, 1.82) is 0 Å². The molecule has 2 rings (SSSR count). The standard InChI is InChI=1S/C11H14BrN3O2/c1-13-4-6-14(7-5-13)11-8-9(15(16)17)2-3-10(11)12/h2-3,8H,4-7H2,1H3. The van der Waals surface area contributed by atoms with E-state index < -0.39 is 0 Å². The number of hydrogen-bond donors (Lipinski definition) is 0. The average molecular weight is 300 g/mol. The van der Waals surface area contributed by atoms with Crippen molar-refractivity contribution in [2.75, 3.05) is 38.1 Å². The third-order valence-electron chi connectivity index (χ3n) is 2.98. The van der Waals surface area contributed by atoms with Crippen LogP contribution in [0.2, 0.25) is 0 Å². The molecule has 0 bridgehead atoms. The predicted molar refractivity (Wildman–Crippen MR) is 70.5 cm³/mol. The molecule has 1 heterocycles. The van der Waals surface area contributed by atoms with Crippen LogP contribution in [0.1, 0.15) is 0 Å². The van der Waals surface area contributed by atoms with E-state index in [-0.39, 0.29) is 10.6 Å². The molecule has 0 radical (unpaired) electrons. The molecule has 0 saturated carbocycles. The number of rotatable bonds is 2. The number of non-ortho nitro benzene ring substituents is 1. The number of halogens is 1. The molecule has 0 atom stereocenters. The van der Waals surface area contributed by atoms with Gasteiger partial charge < -0.3 is 9.80 Å². The Morgan fingerprint density at radius 1 is 1.29 bits per heavy atom. The van der Waals surface area contributed by atoms with Crippen molar-refractivity contribution < 1.29 is 4.92 Å². The molecule has 6 heteroatoms. The lowest BCUT2D eigenvalue weighted by atomic mass is 10.2. The summed E-state index contributed by atoms with van der Waals surface area (Å²) in [6.45, 7) is 3.76. The topological polar surface area (TPSA) is 49.6 Å². The molecule has 17 heavy (non-hydrogen) atoms. The Balaban J connectivity index is 2.25. The number of benzene rings is 1. The largest absolute Gasteiger partial charge is 0.368 e. The Labute approximate surface area is 108 Å². The Morgan fingerprint density at radius 3 is 2.53 bits per heavy atom. The number of nitrogens with zero attached hydrogens (tertiary/aromatic N) is 3. The number of hydrogen-bond acceptors (Lipinski definition) is 4. The molecule has 0 aliphatic carbocycles. The van der Waals surface area contributed by atoms with Crippen molar-refractivity contribution in [2.45, 2.75) is 0 Å². The Bertz CT molecular complexity index is 431. The molecule has 0 spiro atoms. The summed E-state index contributed by atoms with van der Waals surface area (Å²) < 4.78 is 0.910. The summed E-state index contributed by atoms with van der Waals surface area (Å²) in [4.78, 5) is 14.8. The first-order chi connectivity index (χ1) is 8.08. The fraction of sp³-hybridized carbons (Fsp3) is 0.455. The van der Waals surface area contributed by atoms with E-state index in [1.165, 1.54) is 6.07 Å². The summed E-state index contributed by atoms with van der Waals surface area (Å²) in [7, 11) is 2.08. The van der Waals surface area contributed by atoms with Crippen molar-refractivity contribution in [3.05, 3.63) is 32.8 Å². The van der Waals surface area contributed by atoms with Crippen LogP contribution >= 0.6 is 15.9 Å². The van der Waals surface area contributed by atoms with Gasteiger partial charge in [-0.2, -0.15) is 0 Å². The maximum atomic E-state index is 10.8. The maximum absolute atomic E-state index is 10.8. The molecule has 0 N–H and O–H groups in total. The fourth-order valence-electron chi connectivity index (χ4n) is 1.90. The van der Waals surface area contributed by atoms with E-state index in [0.717, 1.165) is 36.3 Å². The third-order valence-corrected chi connectivity index (χ3v) is 3.66. The molecule has 1 aromatic carbocycles. The summed E-state index contributed by atoms with van der Waals surface area (Å²) in [5.74, 6) is 0. The second-order valence-corrected chi connectivity index (χ2v) is 5.04. The summed E-state index contributed by atoms with van der Waals surface area (Å²) in [6, 6.07) is 4.89. The SMILES string of the molecule is CN1CCN(c2cc([N+](=O)[O-])ccc2Br)CC1. The van der Waals surface area contributed by atoms with Gasteiger partial charge in [0.2, 0.25) is 0 Å². The van der Waals surface area contributed by atoms with Crippen LogP contribution in [0.15, 0.2) is 22.7 Å². The van der Waals surface area contributed by atoms with Crippen LogP contribution in [-0.4, -0.2) is 43.0 Å². The van der Waals surface area contributed by atoms with Gasteiger partial charge in [-0.15, -0.1) is 0 Å². The Morgan fingerprint density at radius 2 is 1.94 bits per heavy atom. The van der Waals surface area contributed by atoms with Gasteiger partial charge in [-0.1, -0.05) is 0 Å². The number of likely N-dealkylation sites (N-methyl/N-ethyl adjacent to an activating group) is 1. The Hall–Kier alpha value is -1.14. The smallest absolute Gasteiger partial charge is 0.271 e. The normalized spacial score (nSPS) is 17.2. The van der Waals surface area contributed by atoms with Crippen molar-refractivity contribution in [1.82, 2.24) is 4.90 Å².